The molecular weight excluding hydrogens is 278 g/mol. The highest BCUT2D eigenvalue weighted by Crippen LogP contribution is 2.29. The van der Waals surface area contributed by atoms with Crippen molar-refractivity contribution in [2.24, 2.45) is 5.14 Å². The van der Waals surface area contributed by atoms with Crippen molar-refractivity contribution in [3.8, 4) is 0 Å². The summed E-state index contributed by atoms with van der Waals surface area (Å²) in [6.45, 7) is 1.63. The molecule has 13 heavy (non-hydrogen) atoms. The summed E-state index contributed by atoms with van der Waals surface area (Å²) in [5.41, 5.74) is 0.523. The second-order valence-electron chi connectivity index (χ2n) is 2.53. The second kappa shape index (κ2) is 3.57. The molecule has 0 atom stereocenters. The summed E-state index contributed by atoms with van der Waals surface area (Å²) in [6, 6.07) is 3.16. The van der Waals surface area contributed by atoms with E-state index in [1.807, 2.05) is 0 Å². The van der Waals surface area contributed by atoms with Gasteiger partial charge < -0.3 is 0 Å². The number of hydrogen-bond donors (Lipinski definition) is 1. The highest BCUT2D eigenvalue weighted by Gasteiger charge is 2.17. The average molecular weight is 285 g/mol. The second-order valence-corrected chi connectivity index (χ2v) is 5.29. The van der Waals surface area contributed by atoms with E-state index in [4.69, 9.17) is 16.7 Å². The summed E-state index contributed by atoms with van der Waals surface area (Å²) in [5.74, 6) is 0. The quantitative estimate of drug-likeness (QED) is 0.858. The minimum absolute atomic E-state index is 0.0245. The molecule has 0 amide bonds. The fourth-order valence-corrected chi connectivity index (χ4v) is 2.85. The lowest BCUT2D eigenvalue weighted by molar-refractivity contribution is 0.597. The van der Waals surface area contributed by atoms with Crippen LogP contribution in [-0.4, -0.2) is 8.42 Å². The Morgan fingerprint density at radius 3 is 2.38 bits per heavy atom. The van der Waals surface area contributed by atoms with Gasteiger partial charge in [-0.1, -0.05) is 27.5 Å². The third-order valence-electron chi connectivity index (χ3n) is 1.58. The van der Waals surface area contributed by atoms with Gasteiger partial charge in [0.1, 0.15) is 4.90 Å². The van der Waals surface area contributed by atoms with E-state index in [1.54, 1.807) is 13.0 Å². The molecule has 0 saturated heterocycles. The summed E-state index contributed by atoms with van der Waals surface area (Å²) in [4.78, 5) is -0.0245. The first kappa shape index (κ1) is 11.0. The van der Waals surface area contributed by atoms with Gasteiger partial charge in [-0.2, -0.15) is 0 Å². The summed E-state index contributed by atoms with van der Waals surface area (Å²) in [6.07, 6.45) is 0. The van der Waals surface area contributed by atoms with E-state index < -0.39 is 10.0 Å². The smallest absolute Gasteiger partial charge is 0.225 e. The third kappa shape index (κ3) is 2.22. The molecule has 3 nitrogen and oxygen atoms in total. The molecular formula is C7H7BrClNO2S. The molecule has 0 fully saturated rings. The first-order chi connectivity index (χ1) is 5.84. The standard InChI is InChI=1S/C7H7BrClNO2S/c1-4-5(8)2-3-6(9)7(4)13(10,11)12/h2-3H,1H3,(H2,10,11,12). The van der Waals surface area contributed by atoms with Crippen LogP contribution < -0.4 is 5.14 Å². The van der Waals surface area contributed by atoms with E-state index >= 15 is 0 Å². The van der Waals surface area contributed by atoms with Crippen LogP contribution >= 0.6 is 27.5 Å². The minimum atomic E-state index is -3.75. The zero-order valence-corrected chi connectivity index (χ0v) is 9.87. The van der Waals surface area contributed by atoms with Crippen LogP contribution in [0.25, 0.3) is 0 Å². The molecule has 2 N–H and O–H groups in total. The minimum Gasteiger partial charge on any atom is -0.225 e. The Hall–Kier alpha value is -0.100. The molecule has 0 aliphatic rings. The Kier molecular flexibility index (Phi) is 3.01. The van der Waals surface area contributed by atoms with E-state index in [2.05, 4.69) is 15.9 Å². The first-order valence-electron chi connectivity index (χ1n) is 3.31. The monoisotopic (exact) mass is 283 g/mol. The Balaban J connectivity index is 3.62. The van der Waals surface area contributed by atoms with Gasteiger partial charge in [0.2, 0.25) is 10.0 Å². The van der Waals surface area contributed by atoms with Crippen molar-refractivity contribution in [2.45, 2.75) is 11.8 Å². The van der Waals surface area contributed by atoms with Crippen molar-refractivity contribution in [3.05, 3.63) is 27.2 Å². The molecule has 0 aromatic heterocycles. The Labute approximate surface area is 90.1 Å². The maximum Gasteiger partial charge on any atom is 0.239 e. The first-order valence-corrected chi connectivity index (χ1v) is 6.03. The molecule has 0 radical (unpaired) electrons. The number of rotatable bonds is 1. The van der Waals surface area contributed by atoms with Crippen LogP contribution in [0.3, 0.4) is 0 Å². The number of primary sulfonamides is 1. The maximum atomic E-state index is 11.1. The fraction of sp³-hybridized carbons (Fsp3) is 0.143. The topological polar surface area (TPSA) is 60.2 Å². The summed E-state index contributed by atoms with van der Waals surface area (Å²) in [7, 11) is -3.75. The van der Waals surface area contributed by atoms with Crippen LogP contribution in [0.15, 0.2) is 21.5 Å². The van der Waals surface area contributed by atoms with Gasteiger partial charge >= 0.3 is 0 Å². The molecule has 0 bridgehead atoms. The van der Waals surface area contributed by atoms with Crippen molar-refractivity contribution < 1.29 is 8.42 Å². The van der Waals surface area contributed by atoms with Gasteiger partial charge in [-0.25, -0.2) is 13.6 Å². The fourth-order valence-electron chi connectivity index (χ4n) is 0.984. The predicted molar refractivity (Wildman–Crippen MR) is 55.3 cm³/mol. The largest absolute Gasteiger partial charge is 0.239 e. The van der Waals surface area contributed by atoms with Crippen molar-refractivity contribution in [1.82, 2.24) is 0 Å². The van der Waals surface area contributed by atoms with Crippen LogP contribution in [0.1, 0.15) is 5.56 Å². The Morgan fingerprint density at radius 2 is 2.00 bits per heavy atom. The number of hydrogen-bond acceptors (Lipinski definition) is 2. The molecule has 0 heterocycles. The molecule has 0 spiro atoms. The number of halogens is 2. The third-order valence-corrected chi connectivity index (χ3v) is 3.96. The zero-order valence-electron chi connectivity index (χ0n) is 6.71. The van der Waals surface area contributed by atoms with E-state index in [0.717, 1.165) is 0 Å². The molecule has 1 aromatic rings. The summed E-state index contributed by atoms with van der Waals surface area (Å²) >= 11 is 8.90. The van der Waals surface area contributed by atoms with E-state index in [0.29, 0.717) is 10.0 Å². The van der Waals surface area contributed by atoms with Crippen LogP contribution in [0.5, 0.6) is 0 Å². The van der Waals surface area contributed by atoms with Crippen molar-refractivity contribution in [1.29, 1.82) is 0 Å². The summed E-state index contributed by atoms with van der Waals surface area (Å²) < 4.78 is 22.9. The molecule has 72 valence electrons. The van der Waals surface area contributed by atoms with Gasteiger partial charge in [-0.15, -0.1) is 0 Å². The lowest BCUT2D eigenvalue weighted by Crippen LogP contribution is -2.14. The zero-order chi connectivity index (χ0) is 10.2. The van der Waals surface area contributed by atoms with Crippen LogP contribution in [0, 0.1) is 6.92 Å². The van der Waals surface area contributed by atoms with Gasteiger partial charge in [0.05, 0.1) is 5.02 Å². The molecule has 0 aliphatic carbocycles. The molecule has 0 saturated carbocycles. The van der Waals surface area contributed by atoms with Crippen LogP contribution in [0.2, 0.25) is 5.02 Å². The molecule has 1 rings (SSSR count). The van der Waals surface area contributed by atoms with E-state index in [1.165, 1.54) is 6.07 Å². The summed E-state index contributed by atoms with van der Waals surface area (Å²) in [5, 5.41) is 5.14. The van der Waals surface area contributed by atoms with Crippen LogP contribution in [-0.2, 0) is 10.0 Å². The molecule has 1 aromatic carbocycles. The Bertz CT molecular complexity index is 444. The lowest BCUT2D eigenvalue weighted by atomic mass is 10.2. The van der Waals surface area contributed by atoms with Crippen molar-refractivity contribution >= 4 is 37.6 Å². The van der Waals surface area contributed by atoms with Gasteiger partial charge in [-0.3, -0.25) is 0 Å². The van der Waals surface area contributed by atoms with Crippen LogP contribution in [0.4, 0.5) is 0 Å². The highest BCUT2D eigenvalue weighted by molar-refractivity contribution is 9.10. The van der Waals surface area contributed by atoms with Gasteiger partial charge in [0, 0.05) is 4.47 Å². The highest BCUT2D eigenvalue weighted by atomic mass is 79.9. The van der Waals surface area contributed by atoms with E-state index in [-0.39, 0.29) is 9.92 Å². The Morgan fingerprint density at radius 1 is 1.46 bits per heavy atom. The maximum absolute atomic E-state index is 11.1. The van der Waals surface area contributed by atoms with E-state index in [9.17, 15) is 8.42 Å². The molecule has 0 aliphatic heterocycles. The van der Waals surface area contributed by atoms with Crippen molar-refractivity contribution in [3.63, 3.8) is 0 Å². The number of sulfonamides is 1. The van der Waals surface area contributed by atoms with Crippen molar-refractivity contribution in [2.75, 3.05) is 0 Å². The molecule has 0 unspecified atom stereocenters. The number of benzene rings is 1. The predicted octanol–water partition coefficient (Wildman–Crippen LogP) is 2.06. The lowest BCUT2D eigenvalue weighted by Gasteiger charge is -2.06. The molecule has 6 heteroatoms. The van der Waals surface area contributed by atoms with Gasteiger partial charge in [0.25, 0.3) is 0 Å². The van der Waals surface area contributed by atoms with Gasteiger partial charge in [-0.05, 0) is 24.6 Å². The number of nitrogens with two attached hydrogens (primary N) is 1. The SMILES string of the molecule is Cc1c(Br)ccc(Cl)c1S(N)(=O)=O. The van der Waals surface area contributed by atoms with Gasteiger partial charge in [0.15, 0.2) is 0 Å². The average Bonchev–Trinajstić information content (AvgIpc) is 1.95. The normalized spacial score (nSPS) is 11.7.